The second kappa shape index (κ2) is 11.0. The summed E-state index contributed by atoms with van der Waals surface area (Å²) in [5, 5.41) is 11.3. The minimum atomic E-state index is -1.36. The fourth-order valence-corrected chi connectivity index (χ4v) is 3.63. The molecule has 0 aliphatic rings. The minimum absolute atomic E-state index is 0. The Morgan fingerprint density at radius 2 is 1.67 bits per heavy atom. The summed E-state index contributed by atoms with van der Waals surface area (Å²) < 4.78 is 33.9. The maximum atomic E-state index is 14.0. The standard InChI is InChI=1S/C25H16BrF2NO3.Na/c26-16-9-11-24(32-14-15-8-10-17(27)13-21(15)28)20(12-16)18-4-1-2-5-19(18)22-6-3-7-23(29-22)25(30)31;/h1-13H,14H2,(H,30,31);/q;+1/p-1. The molecule has 0 N–H and O–H groups in total. The Labute approximate surface area is 219 Å². The first-order valence-corrected chi connectivity index (χ1v) is 10.4. The summed E-state index contributed by atoms with van der Waals surface area (Å²) in [5.41, 5.74) is 2.63. The van der Waals surface area contributed by atoms with E-state index in [0.29, 0.717) is 22.6 Å². The molecule has 0 saturated heterocycles. The largest absolute Gasteiger partial charge is 1.00 e. The molecular formula is C25H15BrF2NNaO3. The van der Waals surface area contributed by atoms with E-state index in [1.807, 2.05) is 30.3 Å². The van der Waals surface area contributed by atoms with Gasteiger partial charge in [0.1, 0.15) is 24.0 Å². The molecule has 0 unspecified atom stereocenters. The fraction of sp³-hybridized carbons (Fsp3) is 0.0400. The van der Waals surface area contributed by atoms with Gasteiger partial charge in [0.15, 0.2) is 0 Å². The molecule has 4 aromatic rings. The summed E-state index contributed by atoms with van der Waals surface area (Å²) >= 11 is 3.46. The van der Waals surface area contributed by atoms with Crippen LogP contribution in [-0.4, -0.2) is 11.0 Å². The van der Waals surface area contributed by atoms with Gasteiger partial charge in [-0.05, 0) is 48.0 Å². The first-order chi connectivity index (χ1) is 15.4. The van der Waals surface area contributed by atoms with E-state index >= 15 is 0 Å². The average Bonchev–Trinajstić information content (AvgIpc) is 2.79. The van der Waals surface area contributed by atoms with E-state index in [1.165, 1.54) is 18.2 Å². The summed E-state index contributed by atoms with van der Waals surface area (Å²) in [6.45, 7) is -0.0959. The van der Waals surface area contributed by atoms with Crippen molar-refractivity contribution >= 4 is 21.9 Å². The fourth-order valence-electron chi connectivity index (χ4n) is 3.27. The summed E-state index contributed by atoms with van der Waals surface area (Å²) in [4.78, 5) is 15.4. The molecule has 0 atom stereocenters. The monoisotopic (exact) mass is 517 g/mol. The first-order valence-electron chi connectivity index (χ1n) is 9.57. The van der Waals surface area contributed by atoms with E-state index in [9.17, 15) is 18.7 Å². The molecule has 33 heavy (non-hydrogen) atoms. The van der Waals surface area contributed by atoms with E-state index in [2.05, 4.69) is 20.9 Å². The number of carbonyl (C=O) groups is 1. The smallest absolute Gasteiger partial charge is 0.543 e. The maximum absolute atomic E-state index is 14.0. The maximum Gasteiger partial charge on any atom is 1.00 e. The number of nitrogens with zero attached hydrogens (tertiary/aromatic N) is 1. The number of hydrogen-bond donors (Lipinski definition) is 0. The Morgan fingerprint density at radius 1 is 0.909 bits per heavy atom. The SMILES string of the molecule is O=C([O-])c1cccc(-c2ccccc2-c2cc(Br)ccc2OCc2ccc(F)cc2F)n1.[Na+]. The number of hydrogen-bond acceptors (Lipinski definition) is 4. The second-order valence-corrected chi connectivity index (χ2v) is 7.82. The third-order valence-electron chi connectivity index (χ3n) is 4.79. The zero-order valence-electron chi connectivity index (χ0n) is 17.5. The van der Waals surface area contributed by atoms with Crippen LogP contribution in [-0.2, 0) is 6.61 Å². The van der Waals surface area contributed by atoms with Crippen molar-refractivity contribution in [2.24, 2.45) is 0 Å². The third-order valence-corrected chi connectivity index (χ3v) is 5.28. The van der Waals surface area contributed by atoms with E-state index in [-0.39, 0.29) is 47.4 Å². The van der Waals surface area contributed by atoms with Crippen LogP contribution in [0.2, 0.25) is 0 Å². The van der Waals surface area contributed by atoms with Crippen LogP contribution < -0.4 is 39.4 Å². The third kappa shape index (κ3) is 5.86. The van der Waals surface area contributed by atoms with Crippen LogP contribution in [0.4, 0.5) is 8.78 Å². The van der Waals surface area contributed by atoms with Crippen LogP contribution in [0.1, 0.15) is 16.1 Å². The van der Waals surface area contributed by atoms with Gasteiger partial charge in [-0.15, -0.1) is 0 Å². The van der Waals surface area contributed by atoms with Crippen molar-refractivity contribution in [3.8, 4) is 28.1 Å². The van der Waals surface area contributed by atoms with Gasteiger partial charge in [0.25, 0.3) is 0 Å². The number of aromatic carboxylic acids is 1. The molecule has 4 nitrogen and oxygen atoms in total. The zero-order valence-corrected chi connectivity index (χ0v) is 21.1. The molecule has 4 rings (SSSR count). The van der Waals surface area contributed by atoms with E-state index in [1.54, 1.807) is 24.3 Å². The Bertz CT molecular complexity index is 1320. The Morgan fingerprint density at radius 3 is 2.39 bits per heavy atom. The summed E-state index contributed by atoms with van der Waals surface area (Å²) in [5.74, 6) is -2.24. The molecule has 8 heteroatoms. The molecule has 0 radical (unpaired) electrons. The first kappa shape index (κ1) is 25.1. The van der Waals surface area contributed by atoms with Crippen LogP contribution in [0.5, 0.6) is 5.75 Å². The predicted molar refractivity (Wildman–Crippen MR) is 118 cm³/mol. The molecule has 1 heterocycles. The van der Waals surface area contributed by atoms with Crippen LogP contribution in [0.25, 0.3) is 22.4 Å². The van der Waals surface area contributed by atoms with Crippen molar-refractivity contribution in [3.63, 3.8) is 0 Å². The van der Waals surface area contributed by atoms with Gasteiger partial charge in [0.2, 0.25) is 0 Å². The van der Waals surface area contributed by atoms with Crippen LogP contribution >= 0.6 is 15.9 Å². The van der Waals surface area contributed by atoms with Gasteiger partial charge in [-0.2, -0.15) is 0 Å². The van der Waals surface area contributed by atoms with Crippen molar-refractivity contribution in [1.82, 2.24) is 4.98 Å². The number of rotatable bonds is 6. The number of carboxylic acids is 1. The number of carboxylic acid groups (broad SMARTS) is 1. The van der Waals surface area contributed by atoms with E-state index < -0.39 is 17.6 Å². The van der Waals surface area contributed by atoms with Gasteiger partial charge in [0.05, 0.1) is 17.4 Å². The summed E-state index contributed by atoms with van der Waals surface area (Å²) in [6, 6.07) is 20.7. The summed E-state index contributed by atoms with van der Waals surface area (Å²) in [6.07, 6.45) is 0. The topological polar surface area (TPSA) is 62.2 Å². The molecule has 0 spiro atoms. The van der Waals surface area contributed by atoms with E-state index in [0.717, 1.165) is 16.1 Å². The average molecular weight is 518 g/mol. The van der Waals surface area contributed by atoms with Crippen molar-refractivity contribution in [2.45, 2.75) is 6.61 Å². The molecule has 0 fully saturated rings. The van der Waals surface area contributed by atoms with Gasteiger partial charge < -0.3 is 14.6 Å². The molecule has 0 amide bonds. The van der Waals surface area contributed by atoms with Gasteiger partial charge in [0, 0.05) is 27.2 Å². The quantitative estimate of drug-likeness (QED) is 0.368. The number of aromatic nitrogens is 1. The number of ether oxygens (including phenoxy) is 1. The Balaban J connectivity index is 0.00000306. The van der Waals surface area contributed by atoms with Gasteiger partial charge in [-0.1, -0.05) is 46.3 Å². The van der Waals surface area contributed by atoms with Crippen LogP contribution in [0, 0.1) is 11.6 Å². The number of carbonyl (C=O) groups excluding carboxylic acids is 1. The van der Waals surface area contributed by atoms with Crippen molar-refractivity contribution in [1.29, 1.82) is 0 Å². The number of halogens is 3. The van der Waals surface area contributed by atoms with Gasteiger partial charge in [-0.3, -0.25) is 0 Å². The zero-order chi connectivity index (χ0) is 22.7. The van der Waals surface area contributed by atoms with Crippen LogP contribution in [0.15, 0.2) is 83.3 Å². The molecule has 3 aromatic carbocycles. The van der Waals surface area contributed by atoms with Crippen LogP contribution in [0.3, 0.4) is 0 Å². The minimum Gasteiger partial charge on any atom is -0.543 e. The molecule has 1 aromatic heterocycles. The molecule has 0 saturated carbocycles. The number of pyridine rings is 1. The van der Waals surface area contributed by atoms with E-state index in [4.69, 9.17) is 4.74 Å². The molecule has 0 aliphatic heterocycles. The predicted octanol–water partition coefficient (Wildman–Crippen LogP) is 2.40. The normalized spacial score (nSPS) is 10.4. The number of benzene rings is 3. The van der Waals surface area contributed by atoms with Gasteiger partial charge >= 0.3 is 29.6 Å². The molecular weight excluding hydrogens is 503 g/mol. The van der Waals surface area contributed by atoms with Gasteiger partial charge in [-0.25, -0.2) is 13.8 Å². The van der Waals surface area contributed by atoms with Crippen molar-refractivity contribution in [3.05, 3.63) is 106 Å². The Hall–Kier alpha value is -2.58. The Kier molecular flexibility index (Phi) is 8.37. The van der Waals surface area contributed by atoms with Crippen molar-refractivity contribution in [2.75, 3.05) is 0 Å². The van der Waals surface area contributed by atoms with Crippen molar-refractivity contribution < 1.29 is 53.0 Å². The second-order valence-electron chi connectivity index (χ2n) is 6.91. The summed E-state index contributed by atoms with van der Waals surface area (Å²) in [7, 11) is 0. The molecule has 160 valence electrons. The molecule has 0 aliphatic carbocycles. The molecule has 0 bridgehead atoms.